The van der Waals surface area contributed by atoms with E-state index < -0.39 is 5.41 Å². The van der Waals surface area contributed by atoms with Gasteiger partial charge < -0.3 is 14.6 Å². The highest BCUT2D eigenvalue weighted by Crippen LogP contribution is 2.51. The number of Topliss-reactive ketones (excluding diaryl/α,β-unsaturated/α-hetero) is 1. The zero-order valence-corrected chi connectivity index (χ0v) is 20.2. The molecule has 0 saturated carbocycles. The predicted octanol–water partition coefficient (Wildman–Crippen LogP) is 5.77. The van der Waals surface area contributed by atoms with Crippen LogP contribution in [-0.4, -0.2) is 35.7 Å². The van der Waals surface area contributed by atoms with Crippen molar-refractivity contribution in [3.05, 3.63) is 46.8 Å². The molecule has 0 unspecified atom stereocenters. The molecule has 0 aromatic carbocycles. The Bertz CT molecular complexity index is 876. The first-order valence-corrected chi connectivity index (χ1v) is 11.8. The van der Waals surface area contributed by atoms with Gasteiger partial charge in [0.25, 0.3) is 0 Å². The fourth-order valence-electron chi connectivity index (χ4n) is 5.33. The predicted molar refractivity (Wildman–Crippen MR) is 125 cm³/mol. The highest BCUT2D eigenvalue weighted by atomic mass is 16.5. The summed E-state index contributed by atoms with van der Waals surface area (Å²) < 4.78 is 11.6. The molecule has 32 heavy (non-hydrogen) atoms. The van der Waals surface area contributed by atoms with E-state index in [0.29, 0.717) is 18.4 Å². The lowest BCUT2D eigenvalue weighted by Crippen LogP contribution is -2.32. The smallest absolute Gasteiger partial charge is 0.302 e. The molecule has 5 heteroatoms. The van der Waals surface area contributed by atoms with E-state index in [-0.39, 0.29) is 48.2 Å². The lowest BCUT2D eigenvalue weighted by atomic mass is 9.70. The summed E-state index contributed by atoms with van der Waals surface area (Å²) in [5, 5.41) is 10.9. The van der Waals surface area contributed by atoms with E-state index in [2.05, 4.69) is 32.6 Å². The number of hydrogen-bond acceptors (Lipinski definition) is 5. The van der Waals surface area contributed by atoms with E-state index in [0.717, 1.165) is 25.7 Å². The summed E-state index contributed by atoms with van der Waals surface area (Å²) in [4.78, 5) is 24.7. The molecule has 176 valence electrons. The molecule has 0 radical (unpaired) electrons. The topological polar surface area (TPSA) is 72.8 Å². The van der Waals surface area contributed by atoms with Crippen molar-refractivity contribution in [3.8, 4) is 0 Å². The van der Waals surface area contributed by atoms with Gasteiger partial charge in [0, 0.05) is 24.2 Å². The fraction of sp³-hybridized carbons (Fsp3) is 0.630. The molecule has 5 nitrogen and oxygen atoms in total. The molecule has 2 bridgehead atoms. The second-order valence-corrected chi connectivity index (χ2v) is 10.1. The Morgan fingerprint density at radius 3 is 2.66 bits per heavy atom. The Balaban J connectivity index is 1.98. The SMILES string of the molecule is C=C1CC[C@H]2O[C@@H]1CC/C(C)=C/C[C@]1(C)C(=O)C(O)=C([C@H](C)COC(C)=O)[C@H]1C/C=C/2C. The quantitative estimate of drug-likeness (QED) is 0.443. The lowest BCUT2D eigenvalue weighted by molar-refractivity contribution is -0.141. The number of hydrogen-bond donors (Lipinski definition) is 1. The number of fused-ring (bicyclic) bond motifs is 3. The average Bonchev–Trinajstić information content (AvgIpc) is 2.94. The third kappa shape index (κ3) is 4.93. The van der Waals surface area contributed by atoms with E-state index in [1.165, 1.54) is 23.6 Å². The summed E-state index contributed by atoms with van der Waals surface area (Å²) in [7, 11) is 0. The molecule has 1 aliphatic carbocycles. The summed E-state index contributed by atoms with van der Waals surface area (Å²) >= 11 is 0. The van der Waals surface area contributed by atoms with Crippen LogP contribution < -0.4 is 0 Å². The van der Waals surface area contributed by atoms with Gasteiger partial charge in [-0.2, -0.15) is 0 Å². The van der Waals surface area contributed by atoms with Crippen molar-refractivity contribution in [2.24, 2.45) is 17.3 Å². The van der Waals surface area contributed by atoms with E-state index in [9.17, 15) is 14.7 Å². The van der Waals surface area contributed by atoms with Gasteiger partial charge in [0.05, 0.1) is 18.8 Å². The van der Waals surface area contributed by atoms with Crippen LogP contribution in [0.5, 0.6) is 0 Å². The van der Waals surface area contributed by atoms with Crippen LogP contribution in [-0.2, 0) is 19.1 Å². The highest BCUT2D eigenvalue weighted by molar-refractivity contribution is 6.02. The van der Waals surface area contributed by atoms with Crippen LogP contribution >= 0.6 is 0 Å². The van der Waals surface area contributed by atoms with Crippen molar-refractivity contribution in [1.82, 2.24) is 0 Å². The van der Waals surface area contributed by atoms with Crippen LogP contribution in [0.1, 0.15) is 73.1 Å². The van der Waals surface area contributed by atoms with E-state index in [4.69, 9.17) is 9.47 Å². The van der Waals surface area contributed by atoms with E-state index in [1.54, 1.807) is 0 Å². The van der Waals surface area contributed by atoms with Gasteiger partial charge in [-0.3, -0.25) is 9.59 Å². The van der Waals surface area contributed by atoms with Crippen molar-refractivity contribution in [2.45, 2.75) is 85.4 Å². The molecule has 0 amide bonds. The maximum Gasteiger partial charge on any atom is 0.302 e. The highest BCUT2D eigenvalue weighted by Gasteiger charge is 2.51. The number of esters is 1. The minimum absolute atomic E-state index is 0.0541. The van der Waals surface area contributed by atoms with Gasteiger partial charge in [0.15, 0.2) is 5.76 Å². The molecule has 2 aliphatic heterocycles. The summed E-state index contributed by atoms with van der Waals surface area (Å²) in [6.07, 6.45) is 9.33. The van der Waals surface area contributed by atoms with Crippen LogP contribution in [0.2, 0.25) is 0 Å². The number of ketones is 1. The molecule has 3 rings (SSSR count). The number of carbonyl (C=O) groups is 2. The summed E-state index contributed by atoms with van der Waals surface area (Å²) in [6, 6.07) is 0. The van der Waals surface area contributed by atoms with Crippen LogP contribution in [0.4, 0.5) is 0 Å². The molecule has 3 aliphatic rings. The van der Waals surface area contributed by atoms with Gasteiger partial charge in [-0.15, -0.1) is 0 Å². The van der Waals surface area contributed by atoms with Crippen LogP contribution in [0.25, 0.3) is 0 Å². The summed E-state index contributed by atoms with van der Waals surface area (Å²) in [5.41, 5.74) is 3.54. The van der Waals surface area contributed by atoms with Gasteiger partial charge in [-0.1, -0.05) is 38.2 Å². The molecular formula is C27H38O5. The standard InChI is InChI=1S/C27H38O5/c1-16-7-11-22-18(3)9-12-23(32-22)17(2)8-10-21-24(19(4)15-31-20(5)28)25(29)26(30)27(21,6)14-13-16/h8,13,19,21-23,29H,3,7,9-12,14-15H2,1-2,4-6H3/b16-13+,17-8+/t19-,21-,22-,23-,27+/m1/s1. The molecular weight excluding hydrogens is 404 g/mol. The van der Waals surface area contributed by atoms with Crippen molar-refractivity contribution in [1.29, 1.82) is 0 Å². The molecule has 0 spiro atoms. The van der Waals surface area contributed by atoms with Crippen molar-refractivity contribution < 1.29 is 24.2 Å². The Kier molecular flexibility index (Phi) is 7.49. The fourth-order valence-corrected chi connectivity index (χ4v) is 5.33. The average molecular weight is 443 g/mol. The monoisotopic (exact) mass is 442 g/mol. The lowest BCUT2D eigenvalue weighted by Gasteiger charge is -2.33. The maximum absolute atomic E-state index is 13.3. The molecule has 1 fully saturated rings. The largest absolute Gasteiger partial charge is 0.504 e. The first kappa shape index (κ1) is 24.5. The molecule has 1 N–H and O–H groups in total. The number of aliphatic hydroxyl groups excluding tert-OH is 1. The number of rotatable bonds is 3. The zero-order chi connectivity index (χ0) is 23.6. The van der Waals surface area contributed by atoms with Gasteiger partial charge in [0.1, 0.15) is 0 Å². The van der Waals surface area contributed by atoms with Gasteiger partial charge >= 0.3 is 5.97 Å². The Morgan fingerprint density at radius 2 is 1.97 bits per heavy atom. The van der Waals surface area contributed by atoms with E-state index in [1.807, 2.05) is 13.8 Å². The second kappa shape index (κ2) is 9.78. The van der Waals surface area contributed by atoms with Crippen LogP contribution in [0.3, 0.4) is 0 Å². The number of aliphatic hydroxyl groups is 1. The van der Waals surface area contributed by atoms with Crippen LogP contribution in [0.15, 0.2) is 46.8 Å². The first-order valence-electron chi connectivity index (χ1n) is 11.8. The molecule has 1 saturated heterocycles. The minimum Gasteiger partial charge on any atom is -0.504 e. The van der Waals surface area contributed by atoms with Gasteiger partial charge in [-0.25, -0.2) is 0 Å². The first-order chi connectivity index (χ1) is 15.0. The third-order valence-electron chi connectivity index (χ3n) is 7.59. The number of carbonyl (C=O) groups excluding carboxylic acids is 2. The summed E-state index contributed by atoms with van der Waals surface area (Å²) in [6.45, 7) is 13.8. The Morgan fingerprint density at radius 1 is 1.28 bits per heavy atom. The zero-order valence-electron chi connectivity index (χ0n) is 20.2. The summed E-state index contributed by atoms with van der Waals surface area (Å²) in [5.74, 6) is -1.11. The van der Waals surface area contributed by atoms with E-state index >= 15 is 0 Å². The van der Waals surface area contributed by atoms with Gasteiger partial charge in [0.2, 0.25) is 5.78 Å². The Labute approximate surface area is 192 Å². The van der Waals surface area contributed by atoms with Crippen molar-refractivity contribution in [3.63, 3.8) is 0 Å². The number of allylic oxidation sites excluding steroid dienone is 4. The maximum atomic E-state index is 13.3. The third-order valence-corrected chi connectivity index (χ3v) is 7.59. The Hall–Kier alpha value is -2.14. The molecule has 0 aromatic heterocycles. The number of ether oxygens (including phenoxy) is 2. The second-order valence-electron chi connectivity index (χ2n) is 10.1. The van der Waals surface area contributed by atoms with Crippen LogP contribution in [0, 0.1) is 17.3 Å². The minimum atomic E-state index is -0.727. The normalized spacial score (nSPS) is 36.0. The molecule has 2 heterocycles. The molecule has 0 aromatic rings. The molecule has 5 atom stereocenters. The van der Waals surface area contributed by atoms with Gasteiger partial charge in [-0.05, 0) is 69.1 Å². The van der Waals surface area contributed by atoms with Crippen molar-refractivity contribution >= 4 is 11.8 Å². The van der Waals surface area contributed by atoms with Crippen molar-refractivity contribution in [2.75, 3.05) is 6.61 Å².